The fraction of sp³-hybridized carbons (Fsp3) is 0.158. The molecule has 296 valence electrons. The van der Waals surface area contributed by atoms with Crippen molar-refractivity contribution >= 4 is 83.9 Å². The van der Waals surface area contributed by atoms with Gasteiger partial charge in [-0.2, -0.15) is 0 Å². The Morgan fingerprint density at radius 2 is 1.05 bits per heavy atom. The summed E-state index contributed by atoms with van der Waals surface area (Å²) in [5.41, 5.74) is 19.9. The largest absolute Gasteiger partial charge is 0.456 e. The summed E-state index contributed by atoms with van der Waals surface area (Å²) in [7, 11) is 0. The number of aromatic nitrogens is 1. The zero-order valence-electron chi connectivity index (χ0n) is 35.8. The number of anilines is 3. The van der Waals surface area contributed by atoms with Gasteiger partial charge in [-0.3, -0.25) is 0 Å². The summed E-state index contributed by atoms with van der Waals surface area (Å²) in [4.78, 5) is 2.35. The molecule has 0 saturated carbocycles. The Kier molecular flexibility index (Phi) is 8.82. The number of furan rings is 1. The minimum Gasteiger partial charge on any atom is -0.456 e. The second kappa shape index (κ2) is 14.5. The lowest BCUT2D eigenvalue weighted by molar-refractivity contribution is 0.669. The first-order valence-electron chi connectivity index (χ1n) is 22.0. The zero-order chi connectivity index (χ0) is 41.5. The third-order valence-electron chi connectivity index (χ3n) is 13.2. The van der Waals surface area contributed by atoms with Crippen LogP contribution in [-0.2, 0) is 0 Å². The van der Waals surface area contributed by atoms with Crippen molar-refractivity contribution < 1.29 is 4.42 Å². The maximum atomic E-state index is 6.62. The number of para-hydroxylation sites is 4. The van der Waals surface area contributed by atoms with Gasteiger partial charge in [-0.15, -0.1) is 0 Å². The highest BCUT2D eigenvalue weighted by molar-refractivity contribution is 6.99. The first kappa shape index (κ1) is 37.2. The molecule has 4 heteroatoms. The lowest BCUT2D eigenvalue weighted by atomic mass is 9.36. The van der Waals surface area contributed by atoms with E-state index >= 15 is 0 Å². The molecule has 0 bridgehead atoms. The predicted octanol–water partition coefficient (Wildman–Crippen LogP) is 14.0. The third-order valence-corrected chi connectivity index (χ3v) is 13.2. The lowest BCUT2D eigenvalue weighted by Gasteiger charge is -2.26. The molecule has 0 saturated heterocycles. The number of benzene rings is 8. The SMILES string of the molecule is CC(C)c1cc(C(C)C)c(B2c3ccc(-n4c5ccccc5c5cc(N(c6ccccc6)c6ccccc6)ccc54)cc3-c3cc4c(cc32)oc2ccccc24)c(C(C)C)c1. The van der Waals surface area contributed by atoms with E-state index in [0.717, 1.165) is 39.3 Å². The summed E-state index contributed by atoms with van der Waals surface area (Å²) in [6.07, 6.45) is 0. The normalized spacial score (nSPS) is 12.5. The second-order valence-electron chi connectivity index (χ2n) is 17.9. The molecule has 0 fully saturated rings. The number of nitrogens with zero attached hydrogens (tertiary/aromatic N) is 2. The fourth-order valence-corrected chi connectivity index (χ4v) is 10.2. The molecule has 2 aromatic heterocycles. The predicted molar refractivity (Wildman–Crippen MR) is 262 cm³/mol. The highest BCUT2D eigenvalue weighted by atomic mass is 16.3. The van der Waals surface area contributed by atoms with Crippen LogP contribution in [0.25, 0.3) is 60.6 Å². The van der Waals surface area contributed by atoms with Gasteiger partial charge in [0.15, 0.2) is 0 Å². The first-order valence-corrected chi connectivity index (χ1v) is 22.0. The molecule has 11 rings (SSSR count). The Bertz CT molecular complexity index is 3230. The van der Waals surface area contributed by atoms with Crippen LogP contribution in [0.5, 0.6) is 0 Å². The van der Waals surface area contributed by atoms with Crippen molar-refractivity contribution in [1.29, 1.82) is 0 Å². The second-order valence-corrected chi connectivity index (χ2v) is 17.9. The molecule has 1 aliphatic heterocycles. The monoisotopic (exact) mass is 788 g/mol. The average Bonchev–Trinajstić information content (AvgIpc) is 3.92. The number of fused-ring (bicyclic) bond motifs is 9. The van der Waals surface area contributed by atoms with Crippen molar-refractivity contribution in [3.05, 3.63) is 187 Å². The Hall–Kier alpha value is -6.78. The van der Waals surface area contributed by atoms with Crippen molar-refractivity contribution in [2.45, 2.75) is 59.3 Å². The molecule has 3 heterocycles. The van der Waals surface area contributed by atoms with E-state index in [2.05, 4.69) is 221 Å². The smallest absolute Gasteiger partial charge is 0.243 e. The Morgan fingerprint density at radius 3 is 1.72 bits per heavy atom. The van der Waals surface area contributed by atoms with Crippen LogP contribution in [0, 0.1) is 0 Å². The average molecular weight is 789 g/mol. The molecular formula is C57H49BN2O. The van der Waals surface area contributed by atoms with Crippen LogP contribution in [0.1, 0.15) is 76.0 Å². The highest BCUT2D eigenvalue weighted by Gasteiger charge is 2.38. The van der Waals surface area contributed by atoms with Crippen LogP contribution < -0.4 is 21.3 Å². The van der Waals surface area contributed by atoms with Crippen molar-refractivity contribution in [2.24, 2.45) is 0 Å². The first-order chi connectivity index (χ1) is 29.7. The van der Waals surface area contributed by atoms with Gasteiger partial charge in [0.1, 0.15) is 11.2 Å². The number of rotatable bonds is 8. The molecule has 8 aromatic carbocycles. The van der Waals surface area contributed by atoms with Gasteiger partial charge in [0.25, 0.3) is 0 Å². The van der Waals surface area contributed by atoms with Crippen LogP contribution >= 0.6 is 0 Å². The van der Waals surface area contributed by atoms with Crippen LogP contribution in [0.4, 0.5) is 17.1 Å². The van der Waals surface area contributed by atoms with Gasteiger partial charge in [-0.1, -0.05) is 149 Å². The van der Waals surface area contributed by atoms with E-state index < -0.39 is 0 Å². The molecule has 0 aliphatic carbocycles. The van der Waals surface area contributed by atoms with E-state index in [4.69, 9.17) is 4.42 Å². The number of hydrogen-bond donors (Lipinski definition) is 0. The minimum atomic E-state index is 0.0790. The fourth-order valence-electron chi connectivity index (χ4n) is 10.2. The van der Waals surface area contributed by atoms with Crippen LogP contribution in [0.2, 0.25) is 0 Å². The van der Waals surface area contributed by atoms with Crippen LogP contribution in [-0.4, -0.2) is 11.3 Å². The molecule has 0 atom stereocenters. The van der Waals surface area contributed by atoms with Gasteiger partial charge in [-0.05, 0) is 124 Å². The molecule has 0 N–H and O–H groups in total. The Morgan fingerprint density at radius 1 is 0.443 bits per heavy atom. The molecule has 0 spiro atoms. The summed E-state index contributed by atoms with van der Waals surface area (Å²) < 4.78 is 9.09. The van der Waals surface area contributed by atoms with Gasteiger partial charge < -0.3 is 13.9 Å². The van der Waals surface area contributed by atoms with E-state index in [9.17, 15) is 0 Å². The minimum absolute atomic E-state index is 0.0790. The molecule has 61 heavy (non-hydrogen) atoms. The Labute approximate surface area is 359 Å². The highest BCUT2D eigenvalue weighted by Crippen LogP contribution is 2.41. The maximum absolute atomic E-state index is 6.62. The summed E-state index contributed by atoms with van der Waals surface area (Å²) in [6, 6.07) is 62.7. The summed E-state index contributed by atoms with van der Waals surface area (Å²) in [5, 5.41) is 4.79. The summed E-state index contributed by atoms with van der Waals surface area (Å²) in [5.74, 6) is 1.19. The lowest BCUT2D eigenvalue weighted by Crippen LogP contribution is -2.52. The summed E-state index contributed by atoms with van der Waals surface area (Å²) in [6.45, 7) is 14.2. The van der Waals surface area contributed by atoms with Gasteiger partial charge >= 0.3 is 0 Å². The maximum Gasteiger partial charge on any atom is 0.243 e. The van der Waals surface area contributed by atoms with E-state index in [1.807, 2.05) is 0 Å². The van der Waals surface area contributed by atoms with Crippen molar-refractivity contribution in [2.75, 3.05) is 4.90 Å². The summed E-state index contributed by atoms with van der Waals surface area (Å²) >= 11 is 0. The molecule has 0 amide bonds. The van der Waals surface area contributed by atoms with E-state index in [0.29, 0.717) is 17.8 Å². The molecule has 0 radical (unpaired) electrons. The van der Waals surface area contributed by atoms with E-state index in [1.54, 1.807) is 0 Å². The quantitative estimate of drug-likeness (QED) is 0.143. The molecule has 0 unspecified atom stereocenters. The number of hydrogen-bond acceptors (Lipinski definition) is 2. The Balaban J connectivity index is 1.15. The molecule has 10 aromatic rings. The van der Waals surface area contributed by atoms with Crippen molar-refractivity contribution in [1.82, 2.24) is 4.57 Å². The van der Waals surface area contributed by atoms with E-state index in [1.165, 1.54) is 71.4 Å². The molecular weight excluding hydrogens is 739 g/mol. The van der Waals surface area contributed by atoms with Crippen molar-refractivity contribution in [3.8, 4) is 16.8 Å². The van der Waals surface area contributed by atoms with E-state index in [-0.39, 0.29) is 6.71 Å². The zero-order valence-corrected chi connectivity index (χ0v) is 35.8. The van der Waals surface area contributed by atoms with Crippen molar-refractivity contribution in [3.63, 3.8) is 0 Å². The van der Waals surface area contributed by atoms with Crippen LogP contribution in [0.15, 0.2) is 174 Å². The van der Waals surface area contributed by atoms with Gasteiger partial charge in [0.2, 0.25) is 6.71 Å². The molecule has 1 aliphatic rings. The van der Waals surface area contributed by atoms with Crippen LogP contribution in [0.3, 0.4) is 0 Å². The third kappa shape index (κ3) is 5.95. The van der Waals surface area contributed by atoms with Gasteiger partial charge in [0, 0.05) is 44.3 Å². The van der Waals surface area contributed by atoms with Gasteiger partial charge in [-0.25, -0.2) is 0 Å². The molecule has 3 nitrogen and oxygen atoms in total. The van der Waals surface area contributed by atoms with Gasteiger partial charge in [0.05, 0.1) is 11.0 Å². The standard InChI is InChI=1S/C57H49BN2O/c1-35(2)38-29-45(36(3)4)57(46(30-38)37(5)6)58-51-27-25-42(31-47(51)48-33-50-44-22-14-16-24-55(44)61-56(50)34-52(48)58)60-53-23-15-13-21-43(53)49-32-41(26-28-54(49)60)59(39-17-9-7-10-18-39)40-19-11-8-12-20-40/h7-37H,1-6H3. The topological polar surface area (TPSA) is 21.3 Å².